The van der Waals surface area contributed by atoms with E-state index in [4.69, 9.17) is 18.7 Å². The second-order valence-electron chi connectivity index (χ2n) is 7.02. The van der Waals surface area contributed by atoms with Gasteiger partial charge in [0.15, 0.2) is 17.3 Å². The number of methoxy groups -OCH3 is 1. The average molecular weight is 393 g/mol. The van der Waals surface area contributed by atoms with Crippen molar-refractivity contribution in [3.63, 3.8) is 0 Å². The molecule has 2 aliphatic heterocycles. The number of hydrogen-bond donors (Lipinski definition) is 0. The fraction of sp³-hybridized carbons (Fsp3) is 0.286. The van der Waals surface area contributed by atoms with Crippen LogP contribution in [0.3, 0.4) is 0 Å². The van der Waals surface area contributed by atoms with Crippen molar-refractivity contribution in [2.75, 3.05) is 20.4 Å². The highest BCUT2D eigenvalue weighted by atomic mass is 16.7. The minimum Gasteiger partial charge on any atom is -0.496 e. The number of nitrogens with zero attached hydrogens (tertiary/aromatic N) is 3. The second kappa shape index (κ2) is 7.12. The Bertz CT molecular complexity index is 1060. The lowest BCUT2D eigenvalue weighted by molar-refractivity contribution is -0.128. The van der Waals surface area contributed by atoms with E-state index in [-0.39, 0.29) is 18.6 Å². The highest BCUT2D eigenvalue weighted by Crippen LogP contribution is 2.35. The van der Waals surface area contributed by atoms with Crippen molar-refractivity contribution in [3.05, 3.63) is 53.9 Å². The van der Waals surface area contributed by atoms with E-state index >= 15 is 0 Å². The van der Waals surface area contributed by atoms with E-state index in [1.165, 1.54) is 0 Å². The summed E-state index contributed by atoms with van der Waals surface area (Å²) in [5.41, 5.74) is 1.72. The minimum atomic E-state index is -0.108. The molecule has 1 fully saturated rings. The number of rotatable bonds is 5. The molecule has 29 heavy (non-hydrogen) atoms. The van der Waals surface area contributed by atoms with Crippen LogP contribution in [-0.4, -0.2) is 41.4 Å². The maximum absolute atomic E-state index is 12.5. The first-order valence-electron chi connectivity index (χ1n) is 9.34. The van der Waals surface area contributed by atoms with Crippen molar-refractivity contribution in [1.82, 2.24) is 15.0 Å². The van der Waals surface area contributed by atoms with Crippen molar-refractivity contribution >= 4 is 5.91 Å². The lowest BCUT2D eigenvalue weighted by atomic mass is 10.1. The van der Waals surface area contributed by atoms with Crippen LogP contribution in [0.1, 0.15) is 23.7 Å². The molecule has 1 unspecified atom stereocenters. The number of carbonyl (C=O) groups excluding carboxylic acids is 1. The molecule has 5 rings (SSSR count). The van der Waals surface area contributed by atoms with Crippen LogP contribution in [-0.2, 0) is 11.3 Å². The number of hydrogen-bond acceptors (Lipinski definition) is 7. The molecule has 1 atom stereocenters. The third kappa shape index (κ3) is 3.26. The Morgan fingerprint density at radius 1 is 1.17 bits per heavy atom. The van der Waals surface area contributed by atoms with Gasteiger partial charge in [-0.15, -0.1) is 0 Å². The molecule has 8 nitrogen and oxygen atoms in total. The Kier molecular flexibility index (Phi) is 4.31. The molecule has 1 aromatic heterocycles. The lowest BCUT2D eigenvalue weighted by Gasteiger charge is -2.16. The Hall–Kier alpha value is -3.55. The smallest absolute Gasteiger partial charge is 0.261 e. The molecule has 0 bridgehead atoms. The fourth-order valence-corrected chi connectivity index (χ4v) is 3.69. The number of likely N-dealkylation sites (tertiary alicyclic amines) is 1. The second-order valence-corrected chi connectivity index (χ2v) is 7.02. The molecule has 8 heteroatoms. The highest BCUT2D eigenvalue weighted by molar-refractivity contribution is 5.79. The fourth-order valence-electron chi connectivity index (χ4n) is 3.69. The Balaban J connectivity index is 1.31. The molecule has 1 amide bonds. The van der Waals surface area contributed by atoms with Crippen molar-refractivity contribution in [2.24, 2.45) is 0 Å². The van der Waals surface area contributed by atoms with Gasteiger partial charge in [0.25, 0.3) is 5.89 Å². The van der Waals surface area contributed by atoms with Gasteiger partial charge >= 0.3 is 0 Å². The summed E-state index contributed by atoms with van der Waals surface area (Å²) in [6, 6.07) is 13.2. The summed E-state index contributed by atoms with van der Waals surface area (Å²) in [5, 5.41) is 4.12. The maximum Gasteiger partial charge on any atom is 0.261 e. The van der Waals surface area contributed by atoms with E-state index in [9.17, 15) is 4.79 Å². The van der Waals surface area contributed by atoms with Crippen LogP contribution in [0.2, 0.25) is 0 Å². The maximum atomic E-state index is 12.5. The van der Waals surface area contributed by atoms with E-state index in [2.05, 4.69) is 10.1 Å². The zero-order chi connectivity index (χ0) is 19.8. The van der Waals surface area contributed by atoms with Crippen LogP contribution in [0.25, 0.3) is 11.5 Å². The van der Waals surface area contributed by atoms with Crippen LogP contribution in [0, 0.1) is 0 Å². The van der Waals surface area contributed by atoms with Crippen molar-refractivity contribution in [3.8, 4) is 28.7 Å². The molecule has 0 radical (unpaired) electrons. The average Bonchev–Trinajstić information content (AvgIpc) is 3.48. The zero-order valence-electron chi connectivity index (χ0n) is 15.8. The van der Waals surface area contributed by atoms with Crippen molar-refractivity contribution in [2.45, 2.75) is 18.9 Å². The van der Waals surface area contributed by atoms with Crippen LogP contribution in [0.15, 0.2) is 47.0 Å². The first-order valence-corrected chi connectivity index (χ1v) is 9.34. The molecule has 0 aliphatic carbocycles. The zero-order valence-corrected chi connectivity index (χ0v) is 15.8. The predicted molar refractivity (Wildman–Crippen MR) is 102 cm³/mol. The molecule has 0 spiro atoms. The molecule has 1 saturated heterocycles. The van der Waals surface area contributed by atoms with E-state index in [1.807, 2.05) is 42.5 Å². The number of benzene rings is 2. The molecular formula is C21H19N3O5. The van der Waals surface area contributed by atoms with Gasteiger partial charge in [0, 0.05) is 25.4 Å². The van der Waals surface area contributed by atoms with Gasteiger partial charge in [-0.2, -0.15) is 4.98 Å². The number of carbonyl (C=O) groups is 1. The van der Waals surface area contributed by atoms with Gasteiger partial charge in [0.05, 0.1) is 12.7 Å². The topological polar surface area (TPSA) is 86.9 Å². The number of amides is 1. The first-order chi connectivity index (χ1) is 14.2. The van der Waals surface area contributed by atoms with Crippen LogP contribution in [0.4, 0.5) is 0 Å². The Labute approximate surface area is 167 Å². The summed E-state index contributed by atoms with van der Waals surface area (Å²) >= 11 is 0. The quantitative estimate of drug-likeness (QED) is 0.658. The summed E-state index contributed by atoms with van der Waals surface area (Å²) in [6.45, 7) is 1.28. The van der Waals surface area contributed by atoms with E-state index < -0.39 is 0 Å². The van der Waals surface area contributed by atoms with Crippen molar-refractivity contribution in [1.29, 1.82) is 0 Å². The van der Waals surface area contributed by atoms with Crippen LogP contribution in [0.5, 0.6) is 17.2 Å². The summed E-state index contributed by atoms with van der Waals surface area (Å²) in [6.07, 6.45) is 0.357. The predicted octanol–water partition coefficient (Wildman–Crippen LogP) is 2.99. The third-order valence-corrected chi connectivity index (χ3v) is 5.17. The van der Waals surface area contributed by atoms with Gasteiger partial charge in [0.2, 0.25) is 12.7 Å². The first kappa shape index (κ1) is 17.5. The van der Waals surface area contributed by atoms with E-state index in [1.54, 1.807) is 12.0 Å². The summed E-state index contributed by atoms with van der Waals surface area (Å²) in [5.74, 6) is 2.99. The number of fused-ring (bicyclic) bond motifs is 1. The normalized spacial score (nSPS) is 17.8. The molecular weight excluding hydrogens is 374 g/mol. The van der Waals surface area contributed by atoms with E-state index in [0.29, 0.717) is 42.7 Å². The summed E-state index contributed by atoms with van der Waals surface area (Å²) in [7, 11) is 1.60. The minimum absolute atomic E-state index is 0.0660. The number of aromatic nitrogens is 2. The van der Waals surface area contributed by atoms with E-state index in [0.717, 1.165) is 16.9 Å². The van der Waals surface area contributed by atoms with Crippen molar-refractivity contribution < 1.29 is 23.5 Å². The third-order valence-electron chi connectivity index (χ3n) is 5.17. The standard InChI is InChI=1S/C21H19N3O5/c1-26-16-5-3-2-4-15(16)21-22-20(23-29-21)14-9-19(25)24(11-14)10-13-6-7-17-18(8-13)28-12-27-17/h2-8,14H,9-12H2,1H3. The SMILES string of the molecule is COc1ccccc1-c1nc(C2CC(=O)N(Cc3ccc4c(c3)OCO4)C2)no1. The van der Waals surface area contributed by atoms with Crippen LogP contribution >= 0.6 is 0 Å². The van der Waals surface area contributed by atoms with Gasteiger partial charge in [-0.3, -0.25) is 4.79 Å². The number of ether oxygens (including phenoxy) is 3. The molecule has 2 aliphatic rings. The Morgan fingerprint density at radius 3 is 2.93 bits per heavy atom. The lowest BCUT2D eigenvalue weighted by Crippen LogP contribution is -2.24. The highest BCUT2D eigenvalue weighted by Gasteiger charge is 2.34. The van der Waals surface area contributed by atoms with Crippen LogP contribution < -0.4 is 14.2 Å². The largest absolute Gasteiger partial charge is 0.496 e. The molecule has 3 heterocycles. The monoisotopic (exact) mass is 393 g/mol. The molecule has 148 valence electrons. The van der Waals surface area contributed by atoms with Gasteiger partial charge in [-0.25, -0.2) is 0 Å². The van der Waals surface area contributed by atoms with Gasteiger partial charge < -0.3 is 23.6 Å². The molecule has 0 saturated carbocycles. The van der Waals surface area contributed by atoms with Gasteiger partial charge in [0.1, 0.15) is 5.75 Å². The number of para-hydroxylation sites is 1. The molecule has 0 N–H and O–H groups in total. The molecule has 3 aromatic rings. The molecule has 2 aromatic carbocycles. The van der Waals surface area contributed by atoms with Gasteiger partial charge in [-0.1, -0.05) is 23.4 Å². The summed E-state index contributed by atoms with van der Waals surface area (Å²) in [4.78, 5) is 18.9. The van der Waals surface area contributed by atoms with Gasteiger partial charge in [-0.05, 0) is 29.8 Å². The summed E-state index contributed by atoms with van der Waals surface area (Å²) < 4.78 is 21.6. The Morgan fingerprint density at radius 2 is 2.03 bits per heavy atom.